The van der Waals surface area contributed by atoms with Crippen LogP contribution in [0.5, 0.6) is 23.0 Å². The van der Waals surface area contributed by atoms with Gasteiger partial charge in [0.2, 0.25) is 25.4 Å². The Bertz CT molecular complexity index is 1170. The Kier molecular flexibility index (Phi) is 6.24. The zero-order chi connectivity index (χ0) is 26.4. The van der Waals surface area contributed by atoms with Crippen LogP contribution in [0.25, 0.3) is 0 Å². The number of rotatable bonds is 6. The van der Waals surface area contributed by atoms with Crippen molar-refractivity contribution >= 4 is 11.8 Å². The minimum absolute atomic E-state index is 0.0259. The number of hydrogen-bond donors (Lipinski definition) is 0. The molecule has 0 atom stereocenters. The smallest absolute Gasteiger partial charge is 0.238 e. The first kappa shape index (κ1) is 24.5. The van der Waals surface area contributed by atoms with Crippen molar-refractivity contribution in [2.45, 2.75) is 25.9 Å². The zero-order valence-electron chi connectivity index (χ0n) is 22.1. The van der Waals surface area contributed by atoms with Gasteiger partial charge in [0.05, 0.1) is 0 Å². The summed E-state index contributed by atoms with van der Waals surface area (Å²) in [6, 6.07) is 12.1. The third-order valence-corrected chi connectivity index (χ3v) is 8.57. The van der Waals surface area contributed by atoms with Crippen LogP contribution in [0.4, 0.5) is 0 Å². The highest BCUT2D eigenvalue weighted by atomic mass is 16.7. The molecule has 0 N–H and O–H groups in total. The molecule has 0 aromatic heterocycles. The number of amides is 2. The van der Waals surface area contributed by atoms with Gasteiger partial charge in [-0.25, -0.2) is 0 Å². The molecular weight excluding hydrogens is 500 g/mol. The van der Waals surface area contributed by atoms with E-state index in [0.717, 1.165) is 62.3 Å². The lowest BCUT2D eigenvalue weighted by Gasteiger charge is -2.39. The molecule has 0 radical (unpaired) electrons. The van der Waals surface area contributed by atoms with Crippen LogP contribution in [0.2, 0.25) is 0 Å². The van der Waals surface area contributed by atoms with Crippen LogP contribution in [0.3, 0.4) is 0 Å². The molecule has 1 aliphatic carbocycles. The summed E-state index contributed by atoms with van der Waals surface area (Å²) in [7, 11) is 0. The highest BCUT2D eigenvalue weighted by Gasteiger charge is 2.59. The first-order valence-corrected chi connectivity index (χ1v) is 13.9. The predicted octanol–water partition coefficient (Wildman–Crippen LogP) is 1.91. The molecule has 3 fully saturated rings. The molecule has 10 heteroatoms. The summed E-state index contributed by atoms with van der Waals surface area (Å²) in [5, 5.41) is 0. The quantitative estimate of drug-likeness (QED) is 0.520. The number of carbonyl (C=O) groups excluding carboxylic acids is 2. The topological polar surface area (TPSA) is 84.0 Å². The molecule has 2 amide bonds. The van der Waals surface area contributed by atoms with Gasteiger partial charge in [-0.05, 0) is 48.2 Å². The van der Waals surface area contributed by atoms with Gasteiger partial charge in [0, 0.05) is 65.4 Å². The number of piperazine rings is 2. The van der Waals surface area contributed by atoms with E-state index >= 15 is 0 Å². The molecule has 10 nitrogen and oxygen atoms in total. The van der Waals surface area contributed by atoms with Crippen molar-refractivity contribution in [2.75, 3.05) is 65.9 Å². The van der Waals surface area contributed by atoms with Crippen molar-refractivity contribution in [1.29, 1.82) is 0 Å². The van der Waals surface area contributed by atoms with Crippen molar-refractivity contribution < 1.29 is 28.5 Å². The predicted molar refractivity (Wildman–Crippen MR) is 141 cm³/mol. The first-order valence-electron chi connectivity index (χ1n) is 13.9. The molecule has 1 saturated carbocycles. The molecule has 39 heavy (non-hydrogen) atoms. The lowest BCUT2D eigenvalue weighted by atomic mass is 10.0. The second kappa shape index (κ2) is 9.91. The van der Waals surface area contributed by atoms with Crippen LogP contribution in [-0.2, 0) is 22.7 Å². The average Bonchev–Trinajstić information content (AvgIpc) is 3.41. The largest absolute Gasteiger partial charge is 0.454 e. The Morgan fingerprint density at radius 2 is 1.00 bits per heavy atom. The normalized spacial score (nSPS) is 21.7. The number of fused-ring (bicyclic) bond motifs is 2. The van der Waals surface area contributed by atoms with Gasteiger partial charge in [0.1, 0.15) is 5.41 Å². The molecule has 0 unspecified atom stereocenters. The summed E-state index contributed by atoms with van der Waals surface area (Å²) in [4.78, 5) is 35.6. The fourth-order valence-electron chi connectivity index (χ4n) is 6.06. The molecular formula is C29H34N4O6. The molecule has 7 rings (SSSR count). The van der Waals surface area contributed by atoms with Crippen molar-refractivity contribution in [3.8, 4) is 23.0 Å². The molecule has 0 spiro atoms. The monoisotopic (exact) mass is 534 g/mol. The summed E-state index contributed by atoms with van der Waals surface area (Å²) >= 11 is 0. The fourth-order valence-corrected chi connectivity index (χ4v) is 6.06. The van der Waals surface area contributed by atoms with Crippen molar-refractivity contribution in [1.82, 2.24) is 19.6 Å². The van der Waals surface area contributed by atoms with E-state index < -0.39 is 5.41 Å². The lowest BCUT2D eigenvalue weighted by molar-refractivity contribution is -0.151. The Morgan fingerprint density at radius 1 is 0.590 bits per heavy atom. The standard InChI is InChI=1S/C29H34N4O6/c34-27(32-11-7-30(8-12-32)17-21-1-3-23-25(15-21)38-19-36-23)29(5-6-29)28(35)33-13-9-31(10-14-33)18-22-2-4-24-26(16-22)39-20-37-24/h1-4,15-16H,5-14,17-20H2. The Morgan fingerprint density at radius 3 is 1.41 bits per heavy atom. The molecule has 2 aromatic carbocycles. The van der Waals surface area contributed by atoms with Gasteiger partial charge in [-0.15, -0.1) is 0 Å². The molecule has 2 saturated heterocycles. The van der Waals surface area contributed by atoms with E-state index in [1.54, 1.807) is 0 Å². The van der Waals surface area contributed by atoms with E-state index in [4.69, 9.17) is 18.9 Å². The molecule has 4 heterocycles. The van der Waals surface area contributed by atoms with Crippen LogP contribution < -0.4 is 18.9 Å². The number of benzene rings is 2. The minimum Gasteiger partial charge on any atom is -0.454 e. The van der Waals surface area contributed by atoms with E-state index in [9.17, 15) is 9.59 Å². The van der Waals surface area contributed by atoms with E-state index in [2.05, 4.69) is 21.9 Å². The van der Waals surface area contributed by atoms with Crippen molar-refractivity contribution in [2.24, 2.45) is 5.41 Å². The molecule has 5 aliphatic rings. The Hall–Kier alpha value is -3.50. The van der Waals surface area contributed by atoms with Crippen molar-refractivity contribution in [3.05, 3.63) is 47.5 Å². The van der Waals surface area contributed by atoms with E-state index in [1.807, 2.05) is 34.1 Å². The van der Waals surface area contributed by atoms with Crippen LogP contribution in [-0.4, -0.2) is 97.4 Å². The maximum Gasteiger partial charge on any atom is 0.238 e. The van der Waals surface area contributed by atoms with E-state index in [1.165, 1.54) is 11.1 Å². The number of ether oxygens (including phenoxy) is 4. The Balaban J connectivity index is 0.897. The second-order valence-corrected chi connectivity index (χ2v) is 11.1. The van der Waals surface area contributed by atoms with Crippen LogP contribution >= 0.6 is 0 Å². The average molecular weight is 535 g/mol. The van der Waals surface area contributed by atoms with Gasteiger partial charge in [-0.2, -0.15) is 0 Å². The van der Waals surface area contributed by atoms with Gasteiger partial charge in [-0.3, -0.25) is 19.4 Å². The zero-order valence-corrected chi connectivity index (χ0v) is 22.1. The lowest BCUT2D eigenvalue weighted by Crippen LogP contribution is -2.56. The van der Waals surface area contributed by atoms with Crippen LogP contribution in [0.1, 0.15) is 24.0 Å². The third-order valence-electron chi connectivity index (χ3n) is 8.57. The van der Waals surface area contributed by atoms with E-state index in [-0.39, 0.29) is 25.4 Å². The first-order chi connectivity index (χ1) is 19.1. The third kappa shape index (κ3) is 4.76. The summed E-state index contributed by atoms with van der Waals surface area (Å²) in [6.07, 6.45) is 1.33. The summed E-state index contributed by atoms with van der Waals surface area (Å²) in [5.74, 6) is 3.23. The van der Waals surface area contributed by atoms with Crippen LogP contribution in [0, 0.1) is 5.41 Å². The summed E-state index contributed by atoms with van der Waals surface area (Å²) in [5.41, 5.74) is 1.51. The molecule has 2 aromatic rings. The van der Waals surface area contributed by atoms with Crippen molar-refractivity contribution in [3.63, 3.8) is 0 Å². The van der Waals surface area contributed by atoms with Crippen LogP contribution in [0.15, 0.2) is 36.4 Å². The maximum absolute atomic E-state index is 13.6. The van der Waals surface area contributed by atoms with E-state index in [0.29, 0.717) is 39.0 Å². The maximum atomic E-state index is 13.6. The second-order valence-electron chi connectivity index (χ2n) is 11.1. The number of hydrogen-bond acceptors (Lipinski definition) is 8. The number of nitrogens with zero attached hydrogens (tertiary/aromatic N) is 4. The molecule has 206 valence electrons. The SMILES string of the molecule is O=C(N1CCN(Cc2ccc3c(c2)OCO3)CC1)C1(C(=O)N2CCN(Cc3ccc4c(c3)OCO4)CC2)CC1. The minimum atomic E-state index is -0.834. The molecule has 0 bridgehead atoms. The summed E-state index contributed by atoms with van der Waals surface area (Å²) in [6.45, 7) is 7.96. The van der Waals surface area contributed by atoms with Gasteiger partial charge >= 0.3 is 0 Å². The van der Waals surface area contributed by atoms with Gasteiger partial charge in [0.25, 0.3) is 0 Å². The van der Waals surface area contributed by atoms with Gasteiger partial charge < -0.3 is 28.7 Å². The Labute approximate surface area is 227 Å². The highest BCUT2D eigenvalue weighted by molar-refractivity contribution is 6.08. The molecule has 4 aliphatic heterocycles. The summed E-state index contributed by atoms with van der Waals surface area (Å²) < 4.78 is 21.8. The van der Waals surface area contributed by atoms with Gasteiger partial charge in [-0.1, -0.05) is 12.1 Å². The number of carbonyl (C=O) groups is 2. The fraction of sp³-hybridized carbons (Fsp3) is 0.517. The highest BCUT2D eigenvalue weighted by Crippen LogP contribution is 2.49. The van der Waals surface area contributed by atoms with Gasteiger partial charge in [0.15, 0.2) is 23.0 Å².